The molecule has 0 spiro atoms. The fourth-order valence-electron chi connectivity index (χ4n) is 4.21. The van der Waals surface area contributed by atoms with E-state index in [-0.39, 0.29) is 0 Å². The number of hydrogen-bond donors (Lipinski definition) is 0. The summed E-state index contributed by atoms with van der Waals surface area (Å²) >= 11 is 0. The Morgan fingerprint density at radius 3 is 2.45 bits per heavy atom. The summed E-state index contributed by atoms with van der Waals surface area (Å²) in [5, 5.41) is 0. The zero-order chi connectivity index (χ0) is 14.1. The highest BCUT2D eigenvalue weighted by atomic mass is 19.2. The van der Waals surface area contributed by atoms with E-state index in [9.17, 15) is 8.78 Å². The van der Waals surface area contributed by atoms with Gasteiger partial charge in [0.05, 0.1) is 0 Å². The van der Waals surface area contributed by atoms with Crippen molar-refractivity contribution in [1.29, 1.82) is 0 Å². The second-order valence-corrected chi connectivity index (χ2v) is 6.51. The summed E-state index contributed by atoms with van der Waals surface area (Å²) in [5.74, 6) is 1.22. The summed E-state index contributed by atoms with van der Waals surface area (Å²) in [6.45, 7) is 3.93. The number of hydrogen-bond acceptors (Lipinski definition) is 0. The molecular weight excluding hydrogens is 254 g/mol. The Morgan fingerprint density at radius 1 is 0.950 bits per heavy atom. The molecule has 2 saturated carbocycles. The molecule has 2 aliphatic carbocycles. The summed E-state index contributed by atoms with van der Waals surface area (Å²) < 4.78 is 26.4. The lowest BCUT2D eigenvalue weighted by atomic mass is 9.64. The van der Waals surface area contributed by atoms with E-state index in [1.165, 1.54) is 37.8 Å². The molecule has 0 aromatic heterocycles. The standard InChI is InChI=1S/C18H22F2/c1-2-12-3-4-14-10-15(6-5-13(14)9-12)16-7-8-17(19)18(20)11-16/h2,7-8,11-15H,1,3-6,9-10H2/t12-,13-,14-,15?/m1/s1. The molecular formula is C18H22F2. The summed E-state index contributed by atoms with van der Waals surface area (Å²) in [6.07, 6.45) is 9.36. The zero-order valence-electron chi connectivity index (χ0n) is 11.8. The third kappa shape index (κ3) is 2.65. The second-order valence-electron chi connectivity index (χ2n) is 6.51. The smallest absolute Gasteiger partial charge is 0.159 e. The lowest BCUT2D eigenvalue weighted by Crippen LogP contribution is -2.30. The number of allylic oxidation sites excluding steroid dienone is 1. The molecule has 108 valence electrons. The first-order valence-corrected chi connectivity index (χ1v) is 7.75. The number of rotatable bonds is 2. The van der Waals surface area contributed by atoms with Gasteiger partial charge in [0.2, 0.25) is 0 Å². The Bertz CT molecular complexity index is 494. The average Bonchev–Trinajstić information content (AvgIpc) is 2.49. The predicted octanol–water partition coefficient (Wildman–Crippen LogP) is 5.45. The number of benzene rings is 1. The maximum Gasteiger partial charge on any atom is 0.159 e. The van der Waals surface area contributed by atoms with Gasteiger partial charge in [-0.05, 0) is 79.9 Å². The Kier molecular flexibility index (Phi) is 3.91. The van der Waals surface area contributed by atoms with Crippen LogP contribution < -0.4 is 0 Å². The van der Waals surface area contributed by atoms with Crippen molar-refractivity contribution in [2.24, 2.45) is 17.8 Å². The molecule has 0 heterocycles. The largest absolute Gasteiger partial charge is 0.204 e. The molecule has 0 nitrogen and oxygen atoms in total. The van der Waals surface area contributed by atoms with E-state index in [4.69, 9.17) is 0 Å². The summed E-state index contributed by atoms with van der Waals surface area (Å²) in [7, 11) is 0. The van der Waals surface area contributed by atoms with Gasteiger partial charge in [-0.25, -0.2) is 8.78 Å². The maximum absolute atomic E-state index is 13.4. The molecule has 4 atom stereocenters. The van der Waals surface area contributed by atoms with Crippen molar-refractivity contribution < 1.29 is 8.78 Å². The van der Waals surface area contributed by atoms with Gasteiger partial charge in [-0.15, -0.1) is 6.58 Å². The van der Waals surface area contributed by atoms with E-state index >= 15 is 0 Å². The van der Waals surface area contributed by atoms with Crippen molar-refractivity contribution in [3.05, 3.63) is 48.1 Å². The van der Waals surface area contributed by atoms with Crippen LogP contribution in [-0.2, 0) is 0 Å². The first-order valence-electron chi connectivity index (χ1n) is 7.75. The Labute approximate surface area is 119 Å². The molecule has 0 N–H and O–H groups in total. The van der Waals surface area contributed by atoms with Crippen LogP contribution in [0.15, 0.2) is 30.9 Å². The third-order valence-corrected chi connectivity index (χ3v) is 5.40. The van der Waals surface area contributed by atoms with Crippen molar-refractivity contribution in [2.75, 3.05) is 0 Å². The summed E-state index contributed by atoms with van der Waals surface area (Å²) in [4.78, 5) is 0. The molecule has 20 heavy (non-hydrogen) atoms. The van der Waals surface area contributed by atoms with Crippen LogP contribution in [0.1, 0.15) is 50.0 Å². The van der Waals surface area contributed by atoms with Crippen LogP contribution in [0.3, 0.4) is 0 Å². The maximum atomic E-state index is 13.4. The molecule has 0 radical (unpaired) electrons. The summed E-state index contributed by atoms with van der Waals surface area (Å²) in [5.41, 5.74) is 0.980. The van der Waals surface area contributed by atoms with Gasteiger partial charge in [0.25, 0.3) is 0 Å². The highest BCUT2D eigenvalue weighted by molar-refractivity contribution is 5.22. The molecule has 1 aromatic rings. The van der Waals surface area contributed by atoms with Gasteiger partial charge in [0, 0.05) is 0 Å². The van der Waals surface area contributed by atoms with Gasteiger partial charge < -0.3 is 0 Å². The quantitative estimate of drug-likeness (QED) is 0.630. The molecule has 1 unspecified atom stereocenters. The molecule has 2 heteroatoms. The van der Waals surface area contributed by atoms with E-state index < -0.39 is 11.6 Å². The Balaban J connectivity index is 1.70. The van der Waals surface area contributed by atoms with Crippen LogP contribution in [0.4, 0.5) is 8.78 Å². The topological polar surface area (TPSA) is 0 Å². The molecule has 0 amide bonds. The lowest BCUT2D eigenvalue weighted by molar-refractivity contribution is 0.133. The minimum atomic E-state index is -0.742. The van der Waals surface area contributed by atoms with Crippen molar-refractivity contribution in [1.82, 2.24) is 0 Å². The fraction of sp³-hybridized carbons (Fsp3) is 0.556. The zero-order valence-corrected chi connectivity index (χ0v) is 11.8. The predicted molar refractivity (Wildman–Crippen MR) is 77.5 cm³/mol. The Hall–Kier alpha value is -1.18. The molecule has 1 aromatic carbocycles. The highest BCUT2D eigenvalue weighted by Crippen LogP contribution is 2.47. The van der Waals surface area contributed by atoms with Crippen molar-refractivity contribution >= 4 is 0 Å². The van der Waals surface area contributed by atoms with Gasteiger partial charge in [0.15, 0.2) is 11.6 Å². The first-order chi connectivity index (χ1) is 9.67. The fourth-order valence-corrected chi connectivity index (χ4v) is 4.21. The molecule has 0 bridgehead atoms. The second kappa shape index (κ2) is 5.67. The highest BCUT2D eigenvalue weighted by Gasteiger charge is 2.35. The minimum Gasteiger partial charge on any atom is -0.204 e. The molecule has 0 saturated heterocycles. The minimum absolute atomic E-state index is 0.409. The number of halogens is 2. The monoisotopic (exact) mass is 276 g/mol. The molecule has 2 fully saturated rings. The third-order valence-electron chi connectivity index (χ3n) is 5.40. The van der Waals surface area contributed by atoms with Crippen LogP contribution in [-0.4, -0.2) is 0 Å². The van der Waals surface area contributed by atoms with Gasteiger partial charge in [0.1, 0.15) is 0 Å². The van der Waals surface area contributed by atoms with Gasteiger partial charge in [-0.2, -0.15) is 0 Å². The van der Waals surface area contributed by atoms with Crippen LogP contribution in [0.25, 0.3) is 0 Å². The van der Waals surface area contributed by atoms with E-state index in [1.54, 1.807) is 6.07 Å². The van der Waals surface area contributed by atoms with Gasteiger partial charge in [-0.1, -0.05) is 12.1 Å². The first kappa shape index (κ1) is 13.8. The van der Waals surface area contributed by atoms with Gasteiger partial charge in [-0.3, -0.25) is 0 Å². The van der Waals surface area contributed by atoms with Crippen LogP contribution in [0, 0.1) is 29.4 Å². The van der Waals surface area contributed by atoms with E-state index in [2.05, 4.69) is 12.7 Å². The van der Waals surface area contributed by atoms with Crippen molar-refractivity contribution in [3.63, 3.8) is 0 Å². The van der Waals surface area contributed by atoms with E-state index in [0.717, 1.165) is 30.2 Å². The summed E-state index contributed by atoms with van der Waals surface area (Å²) in [6, 6.07) is 4.43. The SMILES string of the molecule is C=C[C@@H]1CC[C@@H]2CC(c3ccc(F)c(F)c3)CC[C@@H]2C1. The molecule has 2 aliphatic rings. The van der Waals surface area contributed by atoms with Crippen LogP contribution in [0.2, 0.25) is 0 Å². The van der Waals surface area contributed by atoms with Crippen molar-refractivity contribution in [3.8, 4) is 0 Å². The average molecular weight is 276 g/mol. The van der Waals surface area contributed by atoms with Crippen molar-refractivity contribution in [2.45, 2.75) is 44.4 Å². The lowest BCUT2D eigenvalue weighted by Gasteiger charge is -2.41. The van der Waals surface area contributed by atoms with E-state index in [0.29, 0.717) is 11.8 Å². The normalized spacial score (nSPS) is 33.5. The number of fused-ring (bicyclic) bond motifs is 1. The van der Waals surface area contributed by atoms with Gasteiger partial charge >= 0.3 is 0 Å². The van der Waals surface area contributed by atoms with Crippen LogP contribution in [0.5, 0.6) is 0 Å². The molecule has 3 rings (SSSR count). The van der Waals surface area contributed by atoms with Crippen LogP contribution >= 0.6 is 0 Å². The Morgan fingerprint density at radius 2 is 1.70 bits per heavy atom. The van der Waals surface area contributed by atoms with E-state index in [1.807, 2.05) is 0 Å². The molecule has 0 aliphatic heterocycles.